The summed E-state index contributed by atoms with van der Waals surface area (Å²) in [5.74, 6) is 0. The van der Waals surface area contributed by atoms with Crippen molar-refractivity contribution in [3.63, 3.8) is 0 Å². The zero-order chi connectivity index (χ0) is 11.2. The molecule has 0 aromatic carbocycles. The molecule has 0 spiro atoms. The summed E-state index contributed by atoms with van der Waals surface area (Å²) in [6.07, 6.45) is 3.38. The van der Waals surface area contributed by atoms with Gasteiger partial charge >= 0.3 is 0 Å². The monoisotopic (exact) mass is 209 g/mol. The number of hydrogen-bond acceptors (Lipinski definition) is 3. The normalized spacial score (nSPS) is 31.3. The van der Waals surface area contributed by atoms with Crippen molar-refractivity contribution < 1.29 is 9.84 Å². The molecule has 1 saturated heterocycles. The molecule has 0 aromatic rings. The minimum atomic E-state index is -0.876. The molecule has 84 valence electrons. The van der Waals surface area contributed by atoms with Gasteiger partial charge in [0.1, 0.15) is 0 Å². The number of rotatable bonds is 2. The Labute approximate surface area is 91.0 Å². The Balaban J connectivity index is 2.29. The standard InChI is InChI=1S/C12H19NO2/c1-10(3-4-10)11(2,14)12(9-13)5-7-15-8-6-12/h14H,3-8H2,1-2H3. The second kappa shape index (κ2) is 3.20. The predicted octanol–water partition coefficient (Wildman–Crippen LogP) is 1.86. The molecule has 3 nitrogen and oxygen atoms in total. The molecule has 1 N–H and O–H groups in total. The Bertz CT molecular complexity index is 293. The lowest BCUT2D eigenvalue weighted by Crippen LogP contribution is -2.53. The van der Waals surface area contributed by atoms with E-state index in [9.17, 15) is 10.4 Å². The van der Waals surface area contributed by atoms with Crippen LogP contribution in [0.1, 0.15) is 39.5 Å². The second-order valence-electron chi connectivity index (χ2n) is 5.44. The molecular formula is C12H19NO2. The van der Waals surface area contributed by atoms with Gasteiger partial charge in [-0.2, -0.15) is 5.26 Å². The minimum absolute atomic E-state index is 0.0555. The fraction of sp³-hybridized carbons (Fsp3) is 0.917. The zero-order valence-corrected chi connectivity index (χ0v) is 9.55. The molecule has 0 bridgehead atoms. The highest BCUT2D eigenvalue weighted by Crippen LogP contribution is 2.61. The molecule has 0 aromatic heterocycles. The first-order valence-electron chi connectivity index (χ1n) is 5.69. The van der Waals surface area contributed by atoms with Gasteiger partial charge in [0.2, 0.25) is 0 Å². The lowest BCUT2D eigenvalue weighted by atomic mass is 9.62. The SMILES string of the molecule is CC1(C(C)(O)C2(C#N)CCOCC2)CC1. The first-order valence-corrected chi connectivity index (χ1v) is 5.69. The van der Waals surface area contributed by atoms with Crippen LogP contribution >= 0.6 is 0 Å². The van der Waals surface area contributed by atoms with E-state index in [1.807, 2.05) is 6.92 Å². The molecule has 1 heterocycles. The summed E-state index contributed by atoms with van der Waals surface area (Å²) in [4.78, 5) is 0. The first kappa shape index (κ1) is 10.9. The van der Waals surface area contributed by atoms with Crippen molar-refractivity contribution in [2.75, 3.05) is 13.2 Å². The molecule has 3 heteroatoms. The van der Waals surface area contributed by atoms with Gasteiger partial charge < -0.3 is 9.84 Å². The molecular weight excluding hydrogens is 190 g/mol. The Morgan fingerprint density at radius 3 is 2.20 bits per heavy atom. The fourth-order valence-electron chi connectivity index (χ4n) is 2.68. The Morgan fingerprint density at radius 1 is 1.27 bits per heavy atom. The molecule has 2 fully saturated rings. The lowest BCUT2D eigenvalue weighted by Gasteiger charge is -2.46. The van der Waals surface area contributed by atoms with Crippen molar-refractivity contribution in [1.82, 2.24) is 0 Å². The van der Waals surface area contributed by atoms with Crippen LogP contribution in [0.4, 0.5) is 0 Å². The van der Waals surface area contributed by atoms with Gasteiger partial charge in [-0.3, -0.25) is 0 Å². The van der Waals surface area contributed by atoms with Gasteiger partial charge in [-0.15, -0.1) is 0 Å². The Morgan fingerprint density at radius 2 is 1.80 bits per heavy atom. The van der Waals surface area contributed by atoms with Crippen LogP contribution in [0.2, 0.25) is 0 Å². The lowest BCUT2D eigenvalue weighted by molar-refractivity contribution is -0.131. The van der Waals surface area contributed by atoms with Gasteiger partial charge in [0.05, 0.1) is 17.1 Å². The second-order valence-corrected chi connectivity index (χ2v) is 5.44. The number of ether oxygens (including phenoxy) is 1. The summed E-state index contributed by atoms with van der Waals surface area (Å²) >= 11 is 0. The van der Waals surface area contributed by atoms with Crippen LogP contribution in [-0.4, -0.2) is 23.9 Å². The molecule has 2 aliphatic rings. The quantitative estimate of drug-likeness (QED) is 0.755. The molecule has 1 aliphatic carbocycles. The van der Waals surface area contributed by atoms with E-state index < -0.39 is 11.0 Å². The molecule has 0 amide bonds. The molecule has 1 aliphatic heterocycles. The zero-order valence-electron chi connectivity index (χ0n) is 9.55. The van der Waals surface area contributed by atoms with Crippen LogP contribution in [0.15, 0.2) is 0 Å². The van der Waals surface area contributed by atoms with Crippen molar-refractivity contribution in [1.29, 1.82) is 5.26 Å². The number of aliphatic hydroxyl groups is 1. The van der Waals surface area contributed by atoms with Gasteiger partial charge in [-0.1, -0.05) is 6.92 Å². The van der Waals surface area contributed by atoms with Crippen LogP contribution in [0.25, 0.3) is 0 Å². The van der Waals surface area contributed by atoms with E-state index in [4.69, 9.17) is 4.74 Å². The summed E-state index contributed by atoms with van der Waals surface area (Å²) in [5, 5.41) is 20.1. The third-order valence-electron chi connectivity index (χ3n) is 4.67. The number of nitriles is 1. The van der Waals surface area contributed by atoms with E-state index in [2.05, 4.69) is 13.0 Å². The van der Waals surface area contributed by atoms with Gasteiger partial charge in [0.15, 0.2) is 0 Å². The van der Waals surface area contributed by atoms with E-state index in [0.717, 1.165) is 12.8 Å². The number of hydrogen-bond donors (Lipinski definition) is 1. The summed E-state index contributed by atoms with van der Waals surface area (Å²) in [6.45, 7) is 5.12. The van der Waals surface area contributed by atoms with Gasteiger partial charge in [0.25, 0.3) is 0 Å². The summed E-state index contributed by atoms with van der Waals surface area (Å²) in [6, 6.07) is 2.37. The topological polar surface area (TPSA) is 53.2 Å². The molecule has 1 saturated carbocycles. The Hall–Kier alpha value is -0.590. The molecule has 1 unspecified atom stereocenters. The van der Waals surface area contributed by atoms with Gasteiger partial charge in [0, 0.05) is 13.2 Å². The highest BCUT2D eigenvalue weighted by molar-refractivity contribution is 5.19. The van der Waals surface area contributed by atoms with E-state index >= 15 is 0 Å². The van der Waals surface area contributed by atoms with Crippen molar-refractivity contribution in [3.05, 3.63) is 0 Å². The highest BCUT2D eigenvalue weighted by Gasteiger charge is 2.62. The van der Waals surface area contributed by atoms with E-state index in [1.165, 1.54) is 0 Å². The minimum Gasteiger partial charge on any atom is -0.388 e. The van der Waals surface area contributed by atoms with E-state index in [0.29, 0.717) is 26.1 Å². The smallest absolute Gasteiger partial charge is 0.0906 e. The summed E-state index contributed by atoms with van der Waals surface area (Å²) < 4.78 is 5.29. The third kappa shape index (κ3) is 1.39. The van der Waals surface area contributed by atoms with Crippen molar-refractivity contribution in [3.8, 4) is 6.07 Å². The number of nitrogens with zero attached hydrogens (tertiary/aromatic N) is 1. The van der Waals surface area contributed by atoms with Gasteiger partial charge in [-0.05, 0) is 38.0 Å². The molecule has 15 heavy (non-hydrogen) atoms. The summed E-state index contributed by atoms with van der Waals surface area (Å²) in [5.41, 5.74) is -1.53. The van der Waals surface area contributed by atoms with Crippen molar-refractivity contribution in [2.45, 2.75) is 45.1 Å². The highest BCUT2D eigenvalue weighted by atomic mass is 16.5. The van der Waals surface area contributed by atoms with Crippen molar-refractivity contribution >= 4 is 0 Å². The maximum Gasteiger partial charge on any atom is 0.0906 e. The Kier molecular flexibility index (Phi) is 2.33. The van der Waals surface area contributed by atoms with E-state index in [1.54, 1.807) is 0 Å². The fourth-order valence-corrected chi connectivity index (χ4v) is 2.68. The average Bonchev–Trinajstić information content (AvgIpc) is 2.99. The van der Waals surface area contributed by atoms with Crippen LogP contribution in [0.3, 0.4) is 0 Å². The molecule has 0 radical (unpaired) electrons. The van der Waals surface area contributed by atoms with Crippen LogP contribution in [0.5, 0.6) is 0 Å². The maximum absolute atomic E-state index is 10.7. The summed E-state index contributed by atoms with van der Waals surface area (Å²) in [7, 11) is 0. The first-order chi connectivity index (χ1) is 6.97. The van der Waals surface area contributed by atoms with Crippen molar-refractivity contribution in [2.24, 2.45) is 10.8 Å². The van der Waals surface area contributed by atoms with Gasteiger partial charge in [-0.25, -0.2) is 0 Å². The largest absolute Gasteiger partial charge is 0.388 e. The average molecular weight is 209 g/mol. The van der Waals surface area contributed by atoms with E-state index in [-0.39, 0.29) is 5.41 Å². The predicted molar refractivity (Wildman–Crippen MR) is 56.1 cm³/mol. The van der Waals surface area contributed by atoms with Crippen LogP contribution in [0, 0.1) is 22.2 Å². The molecule has 2 rings (SSSR count). The third-order valence-corrected chi connectivity index (χ3v) is 4.67. The van der Waals surface area contributed by atoms with Crippen LogP contribution in [-0.2, 0) is 4.74 Å². The van der Waals surface area contributed by atoms with Crippen LogP contribution < -0.4 is 0 Å². The maximum atomic E-state index is 10.7. The molecule has 1 atom stereocenters.